The Bertz CT molecular complexity index is 725. The van der Waals surface area contributed by atoms with Gasteiger partial charge in [-0.05, 0) is 49.1 Å². The van der Waals surface area contributed by atoms with E-state index in [4.69, 9.17) is 0 Å². The zero-order valence-electron chi connectivity index (χ0n) is 14.3. The molecule has 0 bridgehead atoms. The molecule has 122 valence electrons. The van der Waals surface area contributed by atoms with Gasteiger partial charge in [-0.3, -0.25) is 0 Å². The largest absolute Gasteiger partial charge is 0.372 e. The lowest BCUT2D eigenvalue weighted by Crippen LogP contribution is -2.23. The molecular weight excluding hydrogens is 292 g/mol. The van der Waals surface area contributed by atoms with Gasteiger partial charge in [0.05, 0.1) is 11.6 Å². The van der Waals surface area contributed by atoms with E-state index < -0.39 is 0 Å². The smallest absolute Gasteiger partial charge is 0.0998 e. The first-order chi connectivity index (χ1) is 11.8. The fraction of sp³-hybridized carbons (Fsp3) is 0.318. The summed E-state index contributed by atoms with van der Waals surface area (Å²) in [6.45, 7) is 4.37. The van der Waals surface area contributed by atoms with Crippen molar-refractivity contribution in [2.24, 2.45) is 0 Å². The zero-order valence-corrected chi connectivity index (χ0v) is 14.3. The molecule has 2 aromatic rings. The monoisotopic (exact) mass is 316 g/mol. The third-order valence-electron chi connectivity index (χ3n) is 4.66. The molecule has 3 rings (SSSR count). The number of allylic oxidation sites excluding steroid dienone is 1. The average molecular weight is 316 g/mol. The van der Waals surface area contributed by atoms with Crippen molar-refractivity contribution in [3.63, 3.8) is 0 Å². The highest BCUT2D eigenvalue weighted by Gasteiger charge is 2.09. The summed E-state index contributed by atoms with van der Waals surface area (Å²) in [4.78, 5) is 2.48. The quantitative estimate of drug-likeness (QED) is 0.557. The number of aryl methyl sites for hydroxylation is 1. The van der Waals surface area contributed by atoms with Crippen LogP contribution in [0.15, 0.2) is 48.5 Å². The molecule has 0 aliphatic carbocycles. The Morgan fingerprint density at radius 2 is 1.54 bits per heavy atom. The molecule has 2 nitrogen and oxygen atoms in total. The minimum atomic E-state index is 0.706. The van der Waals surface area contributed by atoms with Crippen molar-refractivity contribution in [2.75, 3.05) is 18.0 Å². The normalized spacial score (nSPS) is 15.7. The number of nitrogens with zero attached hydrogens (tertiary/aromatic N) is 2. The van der Waals surface area contributed by atoms with Crippen molar-refractivity contribution in [2.45, 2.75) is 32.6 Å². The first-order valence-electron chi connectivity index (χ1n) is 8.80. The van der Waals surface area contributed by atoms with Crippen LogP contribution in [-0.2, 0) is 0 Å². The lowest BCUT2D eigenvalue weighted by atomic mass is 10.0. The van der Waals surface area contributed by atoms with Crippen molar-refractivity contribution in [3.8, 4) is 6.07 Å². The molecule has 0 radical (unpaired) electrons. The highest BCUT2D eigenvalue weighted by Crippen LogP contribution is 2.23. The molecule has 0 amide bonds. The van der Waals surface area contributed by atoms with E-state index in [-0.39, 0.29) is 0 Å². The van der Waals surface area contributed by atoms with Crippen LogP contribution in [0.2, 0.25) is 0 Å². The molecule has 0 saturated carbocycles. The molecule has 1 saturated heterocycles. The summed E-state index contributed by atoms with van der Waals surface area (Å²) in [6.07, 6.45) is 7.23. The molecule has 0 spiro atoms. The maximum absolute atomic E-state index is 9.47. The van der Waals surface area contributed by atoms with Crippen molar-refractivity contribution >= 4 is 17.3 Å². The summed E-state index contributed by atoms with van der Waals surface area (Å²) < 4.78 is 0. The Kier molecular flexibility index (Phi) is 5.33. The van der Waals surface area contributed by atoms with Crippen LogP contribution in [0.1, 0.15) is 42.4 Å². The lowest BCUT2D eigenvalue weighted by Gasteiger charge is -2.22. The summed E-state index contributed by atoms with van der Waals surface area (Å²) in [5.74, 6) is 0. The second-order valence-corrected chi connectivity index (χ2v) is 6.53. The van der Waals surface area contributed by atoms with Crippen molar-refractivity contribution in [1.29, 1.82) is 5.26 Å². The Morgan fingerprint density at radius 1 is 0.917 bits per heavy atom. The average Bonchev–Trinajstić information content (AvgIpc) is 2.90. The Hall–Kier alpha value is -2.53. The summed E-state index contributed by atoms with van der Waals surface area (Å²) in [5.41, 5.74) is 5.25. The van der Waals surface area contributed by atoms with Crippen LogP contribution in [0.25, 0.3) is 11.6 Å². The summed E-state index contributed by atoms with van der Waals surface area (Å²) in [7, 11) is 0. The number of hydrogen-bond donors (Lipinski definition) is 0. The van der Waals surface area contributed by atoms with Crippen LogP contribution < -0.4 is 4.90 Å². The number of hydrogen-bond acceptors (Lipinski definition) is 2. The van der Waals surface area contributed by atoms with Crippen molar-refractivity contribution < 1.29 is 0 Å². The summed E-state index contributed by atoms with van der Waals surface area (Å²) >= 11 is 0. The van der Waals surface area contributed by atoms with Gasteiger partial charge in [0.15, 0.2) is 0 Å². The molecule has 1 heterocycles. The van der Waals surface area contributed by atoms with E-state index in [9.17, 15) is 5.26 Å². The van der Waals surface area contributed by atoms with Crippen molar-refractivity contribution in [3.05, 3.63) is 65.2 Å². The van der Waals surface area contributed by atoms with E-state index >= 15 is 0 Å². The molecular formula is C22H24N2. The van der Waals surface area contributed by atoms with Gasteiger partial charge in [0.2, 0.25) is 0 Å². The van der Waals surface area contributed by atoms with E-state index in [1.54, 1.807) is 0 Å². The number of benzene rings is 2. The van der Waals surface area contributed by atoms with Gasteiger partial charge in [0.1, 0.15) is 0 Å². The van der Waals surface area contributed by atoms with E-state index in [0.717, 1.165) is 24.2 Å². The zero-order chi connectivity index (χ0) is 16.8. The summed E-state index contributed by atoms with van der Waals surface area (Å²) in [6, 6.07) is 19.0. The molecule has 0 aromatic heterocycles. The van der Waals surface area contributed by atoms with Gasteiger partial charge in [-0.15, -0.1) is 0 Å². The summed E-state index contributed by atoms with van der Waals surface area (Å²) in [5, 5.41) is 9.47. The third kappa shape index (κ3) is 4.06. The second-order valence-electron chi connectivity index (χ2n) is 6.53. The van der Waals surface area contributed by atoms with Gasteiger partial charge < -0.3 is 4.90 Å². The predicted molar refractivity (Wildman–Crippen MR) is 102 cm³/mol. The minimum absolute atomic E-state index is 0.706. The van der Waals surface area contributed by atoms with Crippen LogP contribution in [0.4, 0.5) is 5.69 Å². The van der Waals surface area contributed by atoms with Crippen LogP contribution in [0.3, 0.4) is 0 Å². The Labute approximate surface area is 145 Å². The van der Waals surface area contributed by atoms with Gasteiger partial charge in [-0.2, -0.15) is 5.26 Å². The molecule has 0 atom stereocenters. The van der Waals surface area contributed by atoms with Gasteiger partial charge in [-0.25, -0.2) is 0 Å². The Morgan fingerprint density at radius 3 is 2.12 bits per heavy atom. The van der Waals surface area contributed by atoms with Gasteiger partial charge in [-0.1, -0.05) is 54.8 Å². The SMILES string of the molecule is Cc1ccc(C(C#N)=Cc2ccc(N3CCCCCC3)cc2)cc1. The standard InChI is InChI=1S/C22H24N2/c1-18-6-10-20(11-7-18)21(17-23)16-19-8-12-22(13-9-19)24-14-4-2-3-5-15-24/h6-13,16H,2-5,14-15H2,1H3. The number of anilines is 1. The molecule has 0 unspecified atom stereocenters. The van der Waals surface area contributed by atoms with E-state index in [0.29, 0.717) is 5.57 Å². The maximum Gasteiger partial charge on any atom is 0.0998 e. The number of nitriles is 1. The molecule has 1 fully saturated rings. The van der Waals surface area contributed by atoms with Gasteiger partial charge in [0, 0.05) is 18.8 Å². The fourth-order valence-electron chi connectivity index (χ4n) is 3.19. The van der Waals surface area contributed by atoms with Crippen LogP contribution >= 0.6 is 0 Å². The van der Waals surface area contributed by atoms with E-state index in [1.165, 1.54) is 36.9 Å². The Balaban J connectivity index is 1.79. The second kappa shape index (κ2) is 7.84. The lowest BCUT2D eigenvalue weighted by molar-refractivity contribution is 0.726. The number of rotatable bonds is 3. The molecule has 1 aliphatic heterocycles. The van der Waals surface area contributed by atoms with E-state index in [2.05, 4.69) is 42.2 Å². The minimum Gasteiger partial charge on any atom is -0.372 e. The maximum atomic E-state index is 9.47. The van der Waals surface area contributed by atoms with Crippen LogP contribution in [0, 0.1) is 18.3 Å². The topological polar surface area (TPSA) is 27.0 Å². The first-order valence-corrected chi connectivity index (χ1v) is 8.80. The van der Waals surface area contributed by atoms with E-state index in [1.807, 2.05) is 30.3 Å². The molecule has 24 heavy (non-hydrogen) atoms. The fourth-order valence-corrected chi connectivity index (χ4v) is 3.19. The van der Waals surface area contributed by atoms with Crippen LogP contribution in [-0.4, -0.2) is 13.1 Å². The highest BCUT2D eigenvalue weighted by molar-refractivity contribution is 5.89. The predicted octanol–water partition coefficient (Wildman–Crippen LogP) is 5.44. The highest BCUT2D eigenvalue weighted by atomic mass is 15.1. The molecule has 0 N–H and O–H groups in total. The van der Waals surface area contributed by atoms with Crippen LogP contribution in [0.5, 0.6) is 0 Å². The van der Waals surface area contributed by atoms with Gasteiger partial charge >= 0.3 is 0 Å². The third-order valence-corrected chi connectivity index (χ3v) is 4.66. The first kappa shape index (κ1) is 16.3. The molecule has 2 heteroatoms. The van der Waals surface area contributed by atoms with Gasteiger partial charge in [0.25, 0.3) is 0 Å². The molecule has 1 aliphatic rings. The van der Waals surface area contributed by atoms with Crippen molar-refractivity contribution in [1.82, 2.24) is 0 Å². The molecule has 2 aromatic carbocycles.